The molecule has 0 aliphatic carbocycles. The Morgan fingerprint density at radius 2 is 2.06 bits per heavy atom. The van der Waals surface area contributed by atoms with Crippen LogP contribution in [0.25, 0.3) is 11.3 Å². The van der Waals surface area contributed by atoms with Crippen LogP contribution in [0.5, 0.6) is 5.75 Å². The van der Waals surface area contributed by atoms with Gasteiger partial charge in [0.15, 0.2) is 5.76 Å². The van der Waals surface area contributed by atoms with Crippen molar-refractivity contribution in [2.75, 3.05) is 0 Å². The fourth-order valence-electron chi connectivity index (χ4n) is 1.58. The average Bonchev–Trinajstić information content (AvgIpc) is 2.87. The summed E-state index contributed by atoms with van der Waals surface area (Å²) in [6.07, 6.45) is -0.149. The Morgan fingerprint density at radius 3 is 2.67 bits per heavy atom. The van der Waals surface area contributed by atoms with Crippen LogP contribution in [0.1, 0.15) is 25.2 Å². The van der Waals surface area contributed by atoms with Crippen LogP contribution in [0, 0.1) is 0 Å². The van der Waals surface area contributed by atoms with Crippen molar-refractivity contribution in [3.63, 3.8) is 0 Å². The Labute approximate surface area is 105 Å². The van der Waals surface area contributed by atoms with Gasteiger partial charge < -0.3 is 14.7 Å². The predicted molar refractivity (Wildman–Crippen MR) is 68.0 cm³/mol. The third-order valence-electron chi connectivity index (χ3n) is 2.80. The molecule has 2 N–H and O–H groups in total. The molecule has 0 saturated carbocycles. The number of aliphatic hydroxyl groups excluding tert-OH is 1. The van der Waals surface area contributed by atoms with E-state index < -0.39 is 6.10 Å². The van der Waals surface area contributed by atoms with Crippen LogP contribution in [0.2, 0.25) is 0 Å². The monoisotopic (exact) mass is 245 g/mol. The first-order valence-electron chi connectivity index (χ1n) is 5.73. The summed E-state index contributed by atoms with van der Waals surface area (Å²) in [5.41, 5.74) is 2.12. The van der Waals surface area contributed by atoms with Crippen LogP contribution in [0.3, 0.4) is 0 Å². The maximum Gasteiger partial charge on any atom is 0.170 e. The van der Waals surface area contributed by atoms with E-state index in [2.05, 4.69) is 11.7 Å². The molecule has 18 heavy (non-hydrogen) atoms. The minimum absolute atomic E-state index is 0.196. The third kappa shape index (κ3) is 2.43. The largest absolute Gasteiger partial charge is 0.508 e. The lowest BCUT2D eigenvalue weighted by Gasteiger charge is -2.06. The van der Waals surface area contributed by atoms with Crippen molar-refractivity contribution in [2.24, 2.45) is 0 Å². The first-order chi connectivity index (χ1) is 8.61. The summed E-state index contributed by atoms with van der Waals surface area (Å²) in [4.78, 5) is 0. The first-order valence-corrected chi connectivity index (χ1v) is 5.73. The molecule has 0 saturated heterocycles. The maximum atomic E-state index is 9.92. The molecular formula is C14H15NO3. The second-order valence-corrected chi connectivity index (χ2v) is 4.08. The van der Waals surface area contributed by atoms with E-state index in [1.54, 1.807) is 30.3 Å². The Bertz CT molecular complexity index is 542. The summed E-state index contributed by atoms with van der Waals surface area (Å²) in [6, 6.07) is 8.30. The Morgan fingerprint density at radius 1 is 1.39 bits per heavy atom. The first kappa shape index (κ1) is 12.4. The second kappa shape index (κ2) is 5.06. The zero-order valence-corrected chi connectivity index (χ0v) is 10.1. The number of phenols is 1. The Balaban J connectivity index is 2.25. The fourth-order valence-corrected chi connectivity index (χ4v) is 1.58. The number of hydrogen-bond donors (Lipinski definition) is 2. The molecule has 4 heteroatoms. The molecule has 0 aliphatic heterocycles. The molecule has 1 aromatic carbocycles. The summed E-state index contributed by atoms with van der Waals surface area (Å²) < 4.78 is 5.11. The molecule has 2 rings (SSSR count). The fraction of sp³-hybridized carbons (Fsp3) is 0.214. The minimum Gasteiger partial charge on any atom is -0.508 e. The van der Waals surface area contributed by atoms with E-state index in [0.717, 1.165) is 5.56 Å². The van der Waals surface area contributed by atoms with Crippen molar-refractivity contribution in [1.82, 2.24) is 5.16 Å². The maximum absolute atomic E-state index is 9.92. The number of nitrogens with zero attached hydrogens (tertiary/aromatic N) is 1. The van der Waals surface area contributed by atoms with E-state index in [9.17, 15) is 10.2 Å². The van der Waals surface area contributed by atoms with E-state index in [1.807, 2.05) is 6.92 Å². The van der Waals surface area contributed by atoms with Crippen molar-refractivity contribution in [2.45, 2.75) is 19.4 Å². The summed E-state index contributed by atoms with van der Waals surface area (Å²) in [6.45, 7) is 5.69. The molecule has 0 spiro atoms. The molecule has 4 nitrogen and oxygen atoms in total. The average molecular weight is 245 g/mol. The van der Waals surface area contributed by atoms with Crippen molar-refractivity contribution < 1.29 is 14.7 Å². The van der Waals surface area contributed by atoms with Crippen LogP contribution in [0.15, 0.2) is 47.0 Å². The molecule has 1 aromatic heterocycles. The number of hydrogen-bond acceptors (Lipinski definition) is 4. The van der Waals surface area contributed by atoms with Crippen LogP contribution in [-0.2, 0) is 0 Å². The minimum atomic E-state index is -0.826. The van der Waals surface area contributed by atoms with Crippen LogP contribution >= 0.6 is 0 Å². The molecule has 2 aromatic rings. The van der Waals surface area contributed by atoms with Gasteiger partial charge in [0, 0.05) is 11.6 Å². The molecule has 94 valence electrons. The molecule has 1 heterocycles. The smallest absolute Gasteiger partial charge is 0.170 e. The van der Waals surface area contributed by atoms with Crippen molar-refractivity contribution in [1.29, 1.82) is 0 Å². The number of aromatic hydroxyl groups is 1. The summed E-state index contributed by atoms with van der Waals surface area (Å²) in [5.74, 6) is 0.576. The van der Waals surface area contributed by atoms with Crippen molar-refractivity contribution in [3.05, 3.63) is 48.2 Å². The highest BCUT2D eigenvalue weighted by Gasteiger charge is 2.16. The predicted octanol–water partition coefficient (Wildman–Crippen LogP) is 3.05. The molecule has 1 atom stereocenters. The molecule has 0 fully saturated rings. The van der Waals surface area contributed by atoms with E-state index in [4.69, 9.17) is 4.52 Å². The number of rotatable bonds is 4. The quantitative estimate of drug-likeness (QED) is 0.812. The van der Waals surface area contributed by atoms with Gasteiger partial charge in [-0.25, -0.2) is 0 Å². The van der Waals surface area contributed by atoms with Crippen molar-refractivity contribution >= 4 is 0 Å². The number of aromatic nitrogens is 1. The van der Waals surface area contributed by atoms with Gasteiger partial charge in [0.1, 0.15) is 17.5 Å². The van der Waals surface area contributed by atoms with E-state index in [-0.39, 0.29) is 5.75 Å². The summed E-state index contributed by atoms with van der Waals surface area (Å²) in [7, 11) is 0. The van der Waals surface area contributed by atoms with Gasteiger partial charge in [-0.1, -0.05) is 18.7 Å². The second-order valence-electron chi connectivity index (χ2n) is 4.08. The Hall–Kier alpha value is -2.07. The van der Waals surface area contributed by atoms with E-state index in [1.165, 1.54) is 0 Å². The molecular weight excluding hydrogens is 230 g/mol. The Kier molecular flexibility index (Phi) is 3.48. The van der Waals surface area contributed by atoms with Gasteiger partial charge in [-0.3, -0.25) is 0 Å². The number of phenolic OH excluding ortho intramolecular Hbond substituents is 1. The van der Waals surface area contributed by atoms with Gasteiger partial charge in [-0.2, -0.15) is 0 Å². The summed E-state index contributed by atoms with van der Waals surface area (Å²) >= 11 is 0. The van der Waals surface area contributed by atoms with E-state index in [0.29, 0.717) is 23.4 Å². The van der Waals surface area contributed by atoms with Gasteiger partial charge in [-0.05, 0) is 36.3 Å². The molecule has 0 bridgehead atoms. The van der Waals surface area contributed by atoms with Gasteiger partial charge in [0.2, 0.25) is 0 Å². The summed E-state index contributed by atoms with van der Waals surface area (Å²) in [5, 5.41) is 23.0. The standard InChI is InChI=1S/C14H15NO3/c1-3-9(2)14(17)13-8-12(15-18-13)10-4-6-11(16)7-5-10/h4-8,14,16-17H,2-3H2,1H3. The van der Waals surface area contributed by atoms with Crippen LogP contribution in [-0.4, -0.2) is 15.4 Å². The molecule has 0 radical (unpaired) electrons. The SMILES string of the molecule is C=C(CC)C(O)c1cc(-c2ccc(O)cc2)no1. The molecule has 0 aliphatic rings. The number of benzene rings is 1. The molecule has 0 amide bonds. The lowest BCUT2D eigenvalue weighted by Crippen LogP contribution is -1.97. The van der Waals surface area contributed by atoms with Gasteiger partial charge in [-0.15, -0.1) is 0 Å². The molecule has 1 unspecified atom stereocenters. The lowest BCUT2D eigenvalue weighted by atomic mass is 10.1. The normalized spacial score (nSPS) is 12.3. The van der Waals surface area contributed by atoms with Gasteiger partial charge >= 0.3 is 0 Å². The van der Waals surface area contributed by atoms with E-state index >= 15 is 0 Å². The highest BCUT2D eigenvalue weighted by atomic mass is 16.5. The third-order valence-corrected chi connectivity index (χ3v) is 2.80. The topological polar surface area (TPSA) is 66.5 Å². The number of aliphatic hydroxyl groups is 1. The van der Waals surface area contributed by atoms with Crippen LogP contribution < -0.4 is 0 Å². The van der Waals surface area contributed by atoms with Gasteiger partial charge in [0.05, 0.1) is 0 Å². The van der Waals surface area contributed by atoms with Gasteiger partial charge in [0.25, 0.3) is 0 Å². The highest BCUT2D eigenvalue weighted by molar-refractivity contribution is 5.59. The highest BCUT2D eigenvalue weighted by Crippen LogP contribution is 2.27. The zero-order valence-electron chi connectivity index (χ0n) is 10.1. The van der Waals surface area contributed by atoms with Crippen LogP contribution in [0.4, 0.5) is 0 Å². The zero-order chi connectivity index (χ0) is 13.1. The lowest BCUT2D eigenvalue weighted by molar-refractivity contribution is 0.170. The van der Waals surface area contributed by atoms with Crippen molar-refractivity contribution in [3.8, 4) is 17.0 Å².